The number of amides is 3. The van der Waals surface area contributed by atoms with Gasteiger partial charge in [0.05, 0.1) is 6.04 Å². The zero-order valence-electron chi connectivity index (χ0n) is 15.8. The van der Waals surface area contributed by atoms with Crippen LogP contribution in [0, 0.1) is 0 Å². The molecule has 2 aromatic rings. The van der Waals surface area contributed by atoms with Crippen molar-refractivity contribution in [3.05, 3.63) is 65.7 Å². The van der Waals surface area contributed by atoms with E-state index in [2.05, 4.69) is 0 Å². The maximum absolute atomic E-state index is 13.0. The van der Waals surface area contributed by atoms with Crippen LogP contribution in [0.5, 0.6) is 5.75 Å². The van der Waals surface area contributed by atoms with E-state index in [0.29, 0.717) is 13.1 Å². The summed E-state index contributed by atoms with van der Waals surface area (Å²) in [6.45, 7) is 6.05. The lowest BCUT2D eigenvalue weighted by Crippen LogP contribution is -2.40. The predicted molar refractivity (Wildman–Crippen MR) is 101 cm³/mol. The van der Waals surface area contributed by atoms with Gasteiger partial charge < -0.3 is 14.7 Å². The van der Waals surface area contributed by atoms with Gasteiger partial charge in [-0.2, -0.15) is 0 Å². The van der Waals surface area contributed by atoms with E-state index in [1.807, 2.05) is 30.3 Å². The van der Waals surface area contributed by atoms with Crippen LogP contribution in [0.25, 0.3) is 0 Å². The molecule has 1 aliphatic heterocycles. The van der Waals surface area contributed by atoms with Gasteiger partial charge in [-0.05, 0) is 44.0 Å². The first kappa shape index (κ1) is 18.8. The molecule has 6 heteroatoms. The van der Waals surface area contributed by atoms with E-state index in [4.69, 9.17) is 4.74 Å². The van der Waals surface area contributed by atoms with E-state index in [-0.39, 0.29) is 11.8 Å². The number of ether oxygens (including phenoxy) is 1. The molecule has 1 aliphatic rings. The average molecular weight is 368 g/mol. The summed E-state index contributed by atoms with van der Waals surface area (Å²) in [6.07, 6.45) is -0.644. The predicted octanol–water partition coefficient (Wildman–Crippen LogP) is 4.31. The second kappa shape index (κ2) is 7.31. The summed E-state index contributed by atoms with van der Waals surface area (Å²) in [5, 5.41) is 9.43. The SMILES string of the molecule is CC(C)(C)OC(=O)N1C(=O)N(Cc2ccc(O)cc2)C[C@@H]1c1ccccc1. The third-order valence-electron chi connectivity index (χ3n) is 4.27. The summed E-state index contributed by atoms with van der Waals surface area (Å²) in [4.78, 5) is 28.5. The Labute approximate surface area is 159 Å². The van der Waals surface area contributed by atoms with Crippen LogP contribution in [0.15, 0.2) is 54.6 Å². The molecule has 0 saturated carbocycles. The number of aromatic hydroxyl groups is 1. The van der Waals surface area contributed by atoms with Crippen molar-refractivity contribution >= 4 is 12.1 Å². The van der Waals surface area contributed by atoms with Gasteiger partial charge in [-0.25, -0.2) is 14.5 Å². The van der Waals surface area contributed by atoms with Crippen LogP contribution in [0.1, 0.15) is 37.9 Å². The molecule has 3 rings (SSSR count). The summed E-state index contributed by atoms with van der Waals surface area (Å²) in [6, 6.07) is 15.4. The van der Waals surface area contributed by atoms with Gasteiger partial charge in [-0.3, -0.25) is 0 Å². The van der Waals surface area contributed by atoms with Crippen LogP contribution in [0.4, 0.5) is 9.59 Å². The third-order valence-corrected chi connectivity index (χ3v) is 4.27. The zero-order chi connectivity index (χ0) is 19.6. The largest absolute Gasteiger partial charge is 0.508 e. The molecule has 0 unspecified atom stereocenters. The van der Waals surface area contributed by atoms with E-state index in [9.17, 15) is 14.7 Å². The number of benzene rings is 2. The summed E-state index contributed by atoms with van der Waals surface area (Å²) in [7, 11) is 0. The molecule has 0 aromatic heterocycles. The molecule has 1 atom stereocenters. The second-order valence-electron chi connectivity index (χ2n) is 7.61. The Morgan fingerprint density at radius 3 is 2.33 bits per heavy atom. The van der Waals surface area contributed by atoms with Crippen molar-refractivity contribution in [3.63, 3.8) is 0 Å². The van der Waals surface area contributed by atoms with Gasteiger partial charge in [0.15, 0.2) is 0 Å². The molecule has 0 radical (unpaired) electrons. The highest BCUT2D eigenvalue weighted by molar-refractivity contribution is 5.93. The number of hydrogen-bond donors (Lipinski definition) is 1. The van der Waals surface area contributed by atoms with Gasteiger partial charge in [0.25, 0.3) is 0 Å². The van der Waals surface area contributed by atoms with E-state index >= 15 is 0 Å². The molecular formula is C21H24N2O4. The van der Waals surface area contributed by atoms with Crippen molar-refractivity contribution in [2.75, 3.05) is 6.54 Å². The summed E-state index contributed by atoms with van der Waals surface area (Å²) < 4.78 is 5.46. The van der Waals surface area contributed by atoms with Gasteiger partial charge in [-0.1, -0.05) is 42.5 Å². The van der Waals surface area contributed by atoms with Crippen molar-refractivity contribution in [2.24, 2.45) is 0 Å². The summed E-state index contributed by atoms with van der Waals surface area (Å²) >= 11 is 0. The zero-order valence-corrected chi connectivity index (χ0v) is 15.8. The van der Waals surface area contributed by atoms with Crippen molar-refractivity contribution in [1.29, 1.82) is 0 Å². The van der Waals surface area contributed by atoms with Crippen molar-refractivity contribution in [1.82, 2.24) is 9.80 Å². The highest BCUT2D eigenvalue weighted by Gasteiger charge is 2.43. The van der Waals surface area contributed by atoms with Gasteiger partial charge in [-0.15, -0.1) is 0 Å². The molecule has 1 saturated heterocycles. The fraction of sp³-hybridized carbons (Fsp3) is 0.333. The number of imide groups is 1. The highest BCUT2D eigenvalue weighted by Crippen LogP contribution is 2.32. The number of carbonyl (C=O) groups is 2. The van der Waals surface area contributed by atoms with E-state index < -0.39 is 17.7 Å². The van der Waals surface area contributed by atoms with Crippen molar-refractivity contribution in [3.8, 4) is 5.75 Å². The van der Waals surface area contributed by atoms with Crippen molar-refractivity contribution in [2.45, 2.75) is 39.0 Å². The molecule has 142 valence electrons. The van der Waals surface area contributed by atoms with Crippen LogP contribution < -0.4 is 0 Å². The lowest BCUT2D eigenvalue weighted by Gasteiger charge is -2.26. The lowest BCUT2D eigenvalue weighted by atomic mass is 10.1. The minimum absolute atomic E-state index is 0.170. The van der Waals surface area contributed by atoms with Crippen LogP contribution in [-0.4, -0.2) is 39.2 Å². The molecule has 0 aliphatic carbocycles. The summed E-state index contributed by atoms with van der Waals surface area (Å²) in [5.41, 5.74) is 1.06. The van der Waals surface area contributed by atoms with Crippen LogP contribution in [0.2, 0.25) is 0 Å². The van der Waals surface area contributed by atoms with Gasteiger partial charge >= 0.3 is 12.1 Å². The number of carbonyl (C=O) groups excluding carboxylic acids is 2. The number of nitrogens with zero attached hydrogens (tertiary/aromatic N) is 2. The van der Waals surface area contributed by atoms with Gasteiger partial charge in [0.1, 0.15) is 11.4 Å². The Morgan fingerprint density at radius 2 is 1.74 bits per heavy atom. The maximum atomic E-state index is 13.0. The Bertz CT molecular complexity index is 812. The van der Waals surface area contributed by atoms with Crippen molar-refractivity contribution < 1.29 is 19.4 Å². The van der Waals surface area contributed by atoms with E-state index in [1.54, 1.807) is 49.9 Å². The molecule has 1 N–H and O–H groups in total. The average Bonchev–Trinajstić information content (AvgIpc) is 2.93. The van der Waals surface area contributed by atoms with Gasteiger partial charge in [0.2, 0.25) is 0 Å². The smallest absolute Gasteiger partial charge is 0.419 e. The first-order valence-electron chi connectivity index (χ1n) is 8.88. The minimum Gasteiger partial charge on any atom is -0.508 e. The quantitative estimate of drug-likeness (QED) is 0.877. The topological polar surface area (TPSA) is 70.1 Å². The van der Waals surface area contributed by atoms with Crippen LogP contribution in [0.3, 0.4) is 0 Å². The molecule has 1 heterocycles. The Kier molecular flexibility index (Phi) is 5.08. The fourth-order valence-corrected chi connectivity index (χ4v) is 3.05. The maximum Gasteiger partial charge on any atom is 0.419 e. The highest BCUT2D eigenvalue weighted by atomic mass is 16.6. The molecule has 2 aromatic carbocycles. The van der Waals surface area contributed by atoms with Crippen LogP contribution >= 0.6 is 0 Å². The Hall–Kier alpha value is -3.02. The van der Waals surface area contributed by atoms with Gasteiger partial charge in [0, 0.05) is 13.1 Å². The summed E-state index contributed by atoms with van der Waals surface area (Å²) in [5.74, 6) is 0.170. The molecule has 1 fully saturated rings. The number of rotatable bonds is 3. The lowest BCUT2D eigenvalue weighted by molar-refractivity contribution is 0.0295. The van der Waals surface area contributed by atoms with E-state index in [1.165, 1.54) is 4.90 Å². The standard InChI is InChI=1S/C21H24N2O4/c1-21(2,3)27-20(26)23-18(16-7-5-4-6-8-16)14-22(19(23)25)13-15-9-11-17(24)12-10-15/h4-12,18,24H,13-14H2,1-3H3/t18-/m1/s1. The molecule has 0 bridgehead atoms. The molecule has 0 spiro atoms. The Balaban J connectivity index is 1.87. The first-order chi connectivity index (χ1) is 12.7. The minimum atomic E-state index is -0.691. The normalized spacial score (nSPS) is 17.3. The number of phenols is 1. The molecule has 27 heavy (non-hydrogen) atoms. The molecule has 3 amide bonds. The second-order valence-corrected chi connectivity index (χ2v) is 7.61. The molecular weight excluding hydrogens is 344 g/mol. The fourth-order valence-electron chi connectivity index (χ4n) is 3.05. The van der Waals surface area contributed by atoms with Crippen LogP contribution in [-0.2, 0) is 11.3 Å². The van der Waals surface area contributed by atoms with E-state index in [0.717, 1.165) is 11.1 Å². The number of phenolic OH excluding ortho intramolecular Hbond substituents is 1. The number of hydrogen-bond acceptors (Lipinski definition) is 4. The third kappa shape index (κ3) is 4.39. The monoisotopic (exact) mass is 368 g/mol. The Morgan fingerprint density at radius 1 is 1.11 bits per heavy atom. The first-order valence-corrected chi connectivity index (χ1v) is 8.88. The number of urea groups is 1. The molecule has 6 nitrogen and oxygen atoms in total.